The Morgan fingerprint density at radius 1 is 1.44 bits per heavy atom. The fraction of sp³-hybridized carbons (Fsp3) is 0.182. The minimum atomic E-state index is -0.669. The van der Waals surface area contributed by atoms with Crippen molar-refractivity contribution in [2.24, 2.45) is 0 Å². The lowest BCUT2D eigenvalue weighted by Crippen LogP contribution is -2.08. The number of phenols is 1. The zero-order valence-electron chi connectivity index (χ0n) is 8.42. The van der Waals surface area contributed by atoms with Crippen LogP contribution in [0.25, 0.3) is 0 Å². The topological polar surface area (TPSA) is 58.3 Å². The molecule has 5 heteroatoms. The number of imidazole rings is 1. The third-order valence-corrected chi connectivity index (χ3v) is 2.95. The van der Waals surface area contributed by atoms with Gasteiger partial charge in [-0.3, -0.25) is 0 Å². The third-order valence-electron chi connectivity index (χ3n) is 2.29. The van der Waals surface area contributed by atoms with Crippen LogP contribution in [0.4, 0.5) is 0 Å². The summed E-state index contributed by atoms with van der Waals surface area (Å²) in [6.45, 7) is 0.393. The number of aliphatic hydroxyl groups is 1. The lowest BCUT2D eigenvalue weighted by Gasteiger charge is -2.12. The predicted molar refractivity (Wildman–Crippen MR) is 63.0 cm³/mol. The molecule has 0 radical (unpaired) electrons. The van der Waals surface area contributed by atoms with E-state index in [4.69, 9.17) is 0 Å². The van der Waals surface area contributed by atoms with Gasteiger partial charge in [-0.05, 0) is 33.6 Å². The van der Waals surface area contributed by atoms with Crippen LogP contribution in [-0.2, 0) is 6.54 Å². The van der Waals surface area contributed by atoms with Gasteiger partial charge in [-0.1, -0.05) is 12.1 Å². The Balaban J connectivity index is 2.14. The molecule has 4 nitrogen and oxygen atoms in total. The van der Waals surface area contributed by atoms with Crippen molar-refractivity contribution in [2.75, 3.05) is 0 Å². The van der Waals surface area contributed by atoms with Gasteiger partial charge in [0.1, 0.15) is 5.75 Å². The molecule has 1 atom stereocenters. The highest BCUT2D eigenvalue weighted by Crippen LogP contribution is 2.20. The van der Waals surface area contributed by atoms with Crippen molar-refractivity contribution in [2.45, 2.75) is 12.6 Å². The number of hydrogen-bond acceptors (Lipinski definition) is 3. The monoisotopic (exact) mass is 282 g/mol. The number of phenolic OH excluding ortho intramolecular Hbond substituents is 1. The van der Waals surface area contributed by atoms with Gasteiger partial charge in [0.05, 0.1) is 12.6 Å². The maximum atomic E-state index is 9.96. The minimum absolute atomic E-state index is 0.154. The molecular weight excluding hydrogens is 272 g/mol. The highest BCUT2D eigenvalue weighted by molar-refractivity contribution is 9.10. The molecule has 2 rings (SSSR count). The highest BCUT2D eigenvalue weighted by Gasteiger charge is 2.10. The number of aromatic hydroxyl groups is 1. The Kier molecular flexibility index (Phi) is 3.26. The third kappa shape index (κ3) is 2.43. The summed E-state index contributed by atoms with van der Waals surface area (Å²) in [6.07, 6.45) is 2.76. The number of aromatic nitrogens is 2. The van der Waals surface area contributed by atoms with E-state index in [0.717, 1.165) is 0 Å². The second-order valence-electron chi connectivity index (χ2n) is 3.46. The van der Waals surface area contributed by atoms with Crippen LogP contribution in [-0.4, -0.2) is 19.8 Å². The molecule has 1 aromatic carbocycles. The van der Waals surface area contributed by atoms with Crippen molar-refractivity contribution in [1.29, 1.82) is 0 Å². The Labute approximate surface area is 101 Å². The zero-order valence-corrected chi connectivity index (χ0v) is 10.0. The molecule has 1 heterocycles. The van der Waals surface area contributed by atoms with Crippen molar-refractivity contribution in [3.05, 3.63) is 47.0 Å². The average molecular weight is 283 g/mol. The summed E-state index contributed by atoms with van der Waals surface area (Å²) < 4.78 is 2.46. The van der Waals surface area contributed by atoms with Crippen LogP contribution >= 0.6 is 15.9 Å². The SMILES string of the molecule is Oc1cccc(C(O)Cn2ccnc2Br)c1. The summed E-state index contributed by atoms with van der Waals surface area (Å²) in [7, 11) is 0. The lowest BCUT2D eigenvalue weighted by atomic mass is 10.1. The van der Waals surface area contributed by atoms with E-state index in [0.29, 0.717) is 16.8 Å². The van der Waals surface area contributed by atoms with E-state index in [1.165, 1.54) is 0 Å². The van der Waals surface area contributed by atoms with Crippen molar-refractivity contribution in [1.82, 2.24) is 9.55 Å². The molecule has 0 bridgehead atoms. The van der Waals surface area contributed by atoms with E-state index < -0.39 is 6.10 Å². The van der Waals surface area contributed by atoms with Crippen molar-refractivity contribution >= 4 is 15.9 Å². The summed E-state index contributed by atoms with van der Waals surface area (Å²) >= 11 is 3.27. The standard InChI is InChI=1S/C11H11BrN2O2/c12-11-13-4-5-14(11)7-10(16)8-2-1-3-9(15)6-8/h1-6,10,15-16H,7H2. The van der Waals surface area contributed by atoms with Gasteiger partial charge >= 0.3 is 0 Å². The quantitative estimate of drug-likeness (QED) is 0.906. The van der Waals surface area contributed by atoms with E-state index >= 15 is 0 Å². The molecule has 0 saturated heterocycles. The normalized spacial score (nSPS) is 12.6. The molecule has 1 aromatic heterocycles. The molecule has 0 saturated carbocycles. The van der Waals surface area contributed by atoms with Crippen molar-refractivity contribution in [3.8, 4) is 5.75 Å². The van der Waals surface area contributed by atoms with E-state index in [1.54, 1.807) is 41.2 Å². The Hall–Kier alpha value is -1.33. The molecule has 16 heavy (non-hydrogen) atoms. The average Bonchev–Trinajstić information content (AvgIpc) is 2.64. The predicted octanol–water partition coefficient (Wildman–Crippen LogP) is 2.08. The summed E-state index contributed by atoms with van der Waals surface area (Å²) in [5.74, 6) is 0.154. The van der Waals surface area contributed by atoms with Crippen LogP contribution in [0, 0.1) is 0 Å². The van der Waals surface area contributed by atoms with E-state index in [9.17, 15) is 10.2 Å². The van der Waals surface area contributed by atoms with Crippen LogP contribution in [0.2, 0.25) is 0 Å². The molecule has 0 aliphatic carbocycles. The maximum absolute atomic E-state index is 9.96. The summed E-state index contributed by atoms with van der Waals surface area (Å²) in [6, 6.07) is 6.60. The number of rotatable bonds is 3. The van der Waals surface area contributed by atoms with Crippen LogP contribution in [0.5, 0.6) is 5.75 Å². The van der Waals surface area contributed by atoms with E-state index in [-0.39, 0.29) is 5.75 Å². The second-order valence-corrected chi connectivity index (χ2v) is 4.17. The molecule has 0 aliphatic rings. The smallest absolute Gasteiger partial charge is 0.177 e. The van der Waals surface area contributed by atoms with Crippen LogP contribution in [0.3, 0.4) is 0 Å². The van der Waals surface area contributed by atoms with Gasteiger partial charge < -0.3 is 14.8 Å². The van der Waals surface area contributed by atoms with E-state index in [2.05, 4.69) is 20.9 Å². The molecule has 0 amide bonds. The summed E-state index contributed by atoms with van der Waals surface area (Å²) in [4.78, 5) is 4.00. The van der Waals surface area contributed by atoms with Gasteiger partial charge in [0, 0.05) is 12.4 Å². The van der Waals surface area contributed by atoms with E-state index in [1.807, 2.05) is 0 Å². The maximum Gasteiger partial charge on any atom is 0.177 e. The number of benzene rings is 1. The first-order chi connectivity index (χ1) is 7.66. The number of halogens is 1. The molecule has 0 fully saturated rings. The van der Waals surface area contributed by atoms with Crippen LogP contribution < -0.4 is 0 Å². The molecule has 0 aliphatic heterocycles. The number of hydrogen-bond donors (Lipinski definition) is 2. The summed E-state index contributed by atoms with van der Waals surface area (Å²) in [5.41, 5.74) is 0.681. The Bertz CT molecular complexity index is 484. The molecular formula is C11H11BrN2O2. The van der Waals surface area contributed by atoms with Gasteiger partial charge in [-0.2, -0.15) is 0 Å². The molecule has 2 aromatic rings. The van der Waals surface area contributed by atoms with Crippen molar-refractivity contribution < 1.29 is 10.2 Å². The van der Waals surface area contributed by atoms with Gasteiger partial charge in [0.15, 0.2) is 4.73 Å². The minimum Gasteiger partial charge on any atom is -0.508 e. The fourth-order valence-corrected chi connectivity index (χ4v) is 1.85. The largest absolute Gasteiger partial charge is 0.508 e. The molecule has 2 N–H and O–H groups in total. The lowest BCUT2D eigenvalue weighted by molar-refractivity contribution is 0.155. The highest BCUT2D eigenvalue weighted by atomic mass is 79.9. The second kappa shape index (κ2) is 4.67. The molecule has 84 valence electrons. The first-order valence-electron chi connectivity index (χ1n) is 4.80. The zero-order chi connectivity index (χ0) is 11.5. The van der Waals surface area contributed by atoms with Gasteiger partial charge in [-0.25, -0.2) is 4.98 Å². The van der Waals surface area contributed by atoms with Gasteiger partial charge in [0.2, 0.25) is 0 Å². The molecule has 0 spiro atoms. The number of aliphatic hydroxyl groups excluding tert-OH is 1. The van der Waals surface area contributed by atoms with Gasteiger partial charge in [0.25, 0.3) is 0 Å². The fourth-order valence-electron chi connectivity index (χ4n) is 1.47. The van der Waals surface area contributed by atoms with Gasteiger partial charge in [-0.15, -0.1) is 0 Å². The van der Waals surface area contributed by atoms with Crippen LogP contribution in [0.15, 0.2) is 41.4 Å². The first kappa shape index (κ1) is 11.2. The Morgan fingerprint density at radius 3 is 2.88 bits per heavy atom. The van der Waals surface area contributed by atoms with Crippen molar-refractivity contribution in [3.63, 3.8) is 0 Å². The number of nitrogens with zero attached hydrogens (tertiary/aromatic N) is 2. The van der Waals surface area contributed by atoms with Crippen LogP contribution in [0.1, 0.15) is 11.7 Å². The first-order valence-corrected chi connectivity index (χ1v) is 5.60. The summed E-state index contributed by atoms with van der Waals surface area (Å²) in [5, 5.41) is 19.3. The Morgan fingerprint density at radius 2 is 2.25 bits per heavy atom. The molecule has 1 unspecified atom stereocenters.